The Morgan fingerprint density at radius 1 is 1.11 bits per heavy atom. The van der Waals surface area contributed by atoms with Crippen molar-refractivity contribution in [2.75, 3.05) is 11.9 Å². The van der Waals surface area contributed by atoms with Crippen molar-refractivity contribution in [1.82, 2.24) is 0 Å². The largest absolute Gasteiger partial charge is 0.508 e. The van der Waals surface area contributed by atoms with Crippen LogP contribution in [0.3, 0.4) is 0 Å². The normalized spacial score (nSPS) is 9.61. The molecule has 1 rings (SSSR count). The lowest BCUT2D eigenvalue weighted by molar-refractivity contribution is -0.116. The third-order valence-corrected chi connectivity index (χ3v) is 2.51. The number of carbonyl (C=O) groups excluding carboxylic acids is 1. The molecular weight excluding hydrogens is 252 g/mol. The van der Waals surface area contributed by atoms with Crippen LogP contribution in [0.5, 0.6) is 5.75 Å². The second-order valence-corrected chi connectivity index (χ2v) is 4.05. The lowest BCUT2D eigenvalue weighted by Gasteiger charge is -2.05. The molecule has 0 heterocycles. The summed E-state index contributed by atoms with van der Waals surface area (Å²) in [6, 6.07) is 6.47. The molecule has 0 aliphatic rings. The van der Waals surface area contributed by atoms with Gasteiger partial charge in [-0.1, -0.05) is 12.8 Å². The summed E-state index contributed by atoms with van der Waals surface area (Å²) in [6.45, 7) is 0.722. The molecule has 0 aliphatic carbocycles. The molecule has 0 aromatic heterocycles. The van der Waals surface area contributed by atoms with Gasteiger partial charge in [0.05, 0.1) is 0 Å². The summed E-state index contributed by atoms with van der Waals surface area (Å²) in [6.07, 6.45) is 4.58. The van der Waals surface area contributed by atoms with Crippen LogP contribution in [0.4, 0.5) is 5.69 Å². The first-order valence-corrected chi connectivity index (χ1v) is 6.01. The number of hydrogen-bond acceptors (Lipinski definition) is 3. The van der Waals surface area contributed by atoms with Gasteiger partial charge in [0.25, 0.3) is 0 Å². The maximum absolute atomic E-state index is 11.5. The number of anilines is 1. The van der Waals surface area contributed by atoms with Crippen molar-refractivity contribution in [1.29, 1.82) is 0 Å². The van der Waals surface area contributed by atoms with Gasteiger partial charge in [-0.3, -0.25) is 4.79 Å². The van der Waals surface area contributed by atoms with Crippen LogP contribution in [-0.4, -0.2) is 17.6 Å². The van der Waals surface area contributed by atoms with Crippen molar-refractivity contribution in [2.24, 2.45) is 5.73 Å². The van der Waals surface area contributed by atoms with Crippen molar-refractivity contribution in [2.45, 2.75) is 32.1 Å². The molecule has 1 amide bonds. The van der Waals surface area contributed by atoms with E-state index in [0.29, 0.717) is 6.42 Å². The Balaban J connectivity index is 0.00000289. The Bertz CT molecular complexity index is 341. The van der Waals surface area contributed by atoms with Crippen molar-refractivity contribution in [3.8, 4) is 5.75 Å². The third kappa shape index (κ3) is 7.14. The minimum atomic E-state index is 0. The maximum atomic E-state index is 11.5. The summed E-state index contributed by atoms with van der Waals surface area (Å²) in [7, 11) is 0. The lowest BCUT2D eigenvalue weighted by atomic mass is 10.1. The average molecular weight is 273 g/mol. The molecule has 1 aromatic carbocycles. The zero-order chi connectivity index (χ0) is 12.5. The minimum Gasteiger partial charge on any atom is -0.508 e. The van der Waals surface area contributed by atoms with Gasteiger partial charge in [0, 0.05) is 12.1 Å². The first kappa shape index (κ1) is 16.7. The molecule has 0 aliphatic heterocycles. The number of hydrogen-bond donors (Lipinski definition) is 3. The molecule has 0 bridgehead atoms. The number of phenols is 1. The molecule has 5 heteroatoms. The van der Waals surface area contributed by atoms with E-state index >= 15 is 0 Å². The van der Waals surface area contributed by atoms with E-state index in [4.69, 9.17) is 10.8 Å². The fourth-order valence-electron chi connectivity index (χ4n) is 1.55. The van der Waals surface area contributed by atoms with E-state index in [-0.39, 0.29) is 24.1 Å². The SMILES string of the molecule is Cl.NCCCCCCC(=O)Nc1ccc(O)cc1. The van der Waals surface area contributed by atoms with Gasteiger partial charge in [-0.25, -0.2) is 0 Å². The zero-order valence-corrected chi connectivity index (χ0v) is 11.2. The van der Waals surface area contributed by atoms with E-state index in [1.165, 1.54) is 0 Å². The number of benzene rings is 1. The zero-order valence-electron chi connectivity index (χ0n) is 10.4. The van der Waals surface area contributed by atoms with Crippen LogP contribution in [0, 0.1) is 0 Å². The molecule has 0 radical (unpaired) electrons. The number of nitrogens with two attached hydrogens (primary N) is 1. The highest BCUT2D eigenvalue weighted by Gasteiger charge is 2.01. The van der Waals surface area contributed by atoms with Gasteiger partial charge >= 0.3 is 0 Å². The number of halogens is 1. The van der Waals surface area contributed by atoms with E-state index in [1.807, 2.05) is 0 Å². The van der Waals surface area contributed by atoms with Crippen LogP contribution in [0.25, 0.3) is 0 Å². The second kappa shape index (κ2) is 9.74. The number of phenolic OH excluding ortho intramolecular Hbond substituents is 1. The summed E-state index contributed by atoms with van der Waals surface area (Å²) >= 11 is 0. The smallest absolute Gasteiger partial charge is 0.224 e. The standard InChI is InChI=1S/C13H20N2O2.ClH/c14-10-4-2-1-3-5-13(17)15-11-6-8-12(16)9-7-11;/h6-9,16H,1-5,10,14H2,(H,15,17);1H. The van der Waals surface area contributed by atoms with Gasteiger partial charge in [0.1, 0.15) is 5.75 Å². The maximum Gasteiger partial charge on any atom is 0.224 e. The van der Waals surface area contributed by atoms with Crippen molar-refractivity contribution in [3.63, 3.8) is 0 Å². The number of carbonyl (C=O) groups is 1. The number of nitrogens with one attached hydrogen (secondary N) is 1. The Hall–Kier alpha value is -1.26. The van der Waals surface area contributed by atoms with Crippen molar-refractivity contribution >= 4 is 24.0 Å². The number of aromatic hydroxyl groups is 1. The van der Waals surface area contributed by atoms with Crippen LogP contribution >= 0.6 is 12.4 Å². The Kier molecular flexibility index (Phi) is 9.06. The number of unbranched alkanes of at least 4 members (excludes halogenated alkanes) is 3. The van der Waals surface area contributed by atoms with Gasteiger partial charge in [0.15, 0.2) is 0 Å². The predicted molar refractivity (Wildman–Crippen MR) is 76.1 cm³/mol. The highest BCUT2D eigenvalue weighted by atomic mass is 35.5. The summed E-state index contributed by atoms with van der Waals surface area (Å²) in [5.74, 6) is 0.216. The van der Waals surface area contributed by atoms with Gasteiger partial charge in [-0.2, -0.15) is 0 Å². The van der Waals surface area contributed by atoms with Crippen LogP contribution in [0.1, 0.15) is 32.1 Å². The average Bonchev–Trinajstić information content (AvgIpc) is 2.32. The second-order valence-electron chi connectivity index (χ2n) is 4.05. The van der Waals surface area contributed by atoms with E-state index in [0.717, 1.165) is 37.9 Å². The summed E-state index contributed by atoms with van der Waals surface area (Å²) in [4.78, 5) is 11.5. The van der Waals surface area contributed by atoms with Crippen LogP contribution in [-0.2, 0) is 4.79 Å². The first-order chi connectivity index (χ1) is 8.22. The molecule has 0 unspecified atom stereocenters. The van der Waals surface area contributed by atoms with Crippen molar-refractivity contribution in [3.05, 3.63) is 24.3 Å². The molecule has 0 fully saturated rings. The quantitative estimate of drug-likeness (QED) is 0.528. The lowest BCUT2D eigenvalue weighted by Crippen LogP contribution is -2.10. The van der Waals surface area contributed by atoms with Crippen LogP contribution in [0.2, 0.25) is 0 Å². The van der Waals surface area contributed by atoms with Gasteiger partial charge in [-0.05, 0) is 43.7 Å². The topological polar surface area (TPSA) is 75.4 Å². The molecule has 0 saturated carbocycles. The van der Waals surface area contributed by atoms with E-state index in [9.17, 15) is 4.79 Å². The molecule has 4 nitrogen and oxygen atoms in total. The van der Waals surface area contributed by atoms with E-state index in [1.54, 1.807) is 24.3 Å². The predicted octanol–water partition coefficient (Wildman–Crippen LogP) is 2.66. The van der Waals surface area contributed by atoms with Crippen molar-refractivity contribution < 1.29 is 9.90 Å². The Morgan fingerprint density at radius 3 is 2.33 bits per heavy atom. The van der Waals surface area contributed by atoms with Gasteiger partial charge in [-0.15, -0.1) is 12.4 Å². The first-order valence-electron chi connectivity index (χ1n) is 6.01. The van der Waals surface area contributed by atoms with Crippen LogP contribution < -0.4 is 11.1 Å². The summed E-state index contributed by atoms with van der Waals surface area (Å²) < 4.78 is 0. The van der Waals surface area contributed by atoms with Gasteiger partial charge in [0.2, 0.25) is 5.91 Å². The molecule has 102 valence electrons. The molecule has 1 aromatic rings. The fourth-order valence-corrected chi connectivity index (χ4v) is 1.55. The monoisotopic (exact) mass is 272 g/mol. The molecule has 0 spiro atoms. The molecule has 18 heavy (non-hydrogen) atoms. The molecule has 0 atom stereocenters. The Labute approximate surface area is 114 Å². The third-order valence-electron chi connectivity index (χ3n) is 2.51. The highest BCUT2D eigenvalue weighted by Crippen LogP contribution is 2.14. The summed E-state index contributed by atoms with van der Waals surface area (Å²) in [5.41, 5.74) is 6.10. The number of amides is 1. The van der Waals surface area contributed by atoms with Gasteiger partial charge < -0.3 is 16.2 Å². The van der Waals surface area contributed by atoms with Crippen LogP contribution in [0.15, 0.2) is 24.3 Å². The highest BCUT2D eigenvalue weighted by molar-refractivity contribution is 5.90. The Morgan fingerprint density at radius 2 is 1.72 bits per heavy atom. The summed E-state index contributed by atoms with van der Waals surface area (Å²) in [5, 5.41) is 11.9. The molecule has 0 saturated heterocycles. The van der Waals surface area contributed by atoms with E-state index < -0.39 is 0 Å². The number of rotatable bonds is 7. The minimum absolute atomic E-state index is 0. The molecular formula is C13H21ClN2O2. The fraction of sp³-hybridized carbons (Fsp3) is 0.462. The molecule has 4 N–H and O–H groups in total. The van der Waals surface area contributed by atoms with E-state index in [2.05, 4.69) is 5.32 Å².